The molecule has 0 aliphatic carbocycles. The molecule has 26 heavy (non-hydrogen) atoms. The zero-order valence-electron chi connectivity index (χ0n) is 14.1. The van der Waals surface area contributed by atoms with Crippen LogP contribution in [0, 0.1) is 0 Å². The lowest BCUT2D eigenvalue weighted by atomic mass is 10.1. The van der Waals surface area contributed by atoms with Crippen LogP contribution < -0.4 is 4.74 Å². The number of imide groups is 1. The quantitative estimate of drug-likeness (QED) is 0.716. The predicted octanol–water partition coefficient (Wildman–Crippen LogP) is 2.61. The van der Waals surface area contributed by atoms with Gasteiger partial charge in [0.1, 0.15) is 18.6 Å². The van der Waals surface area contributed by atoms with Crippen molar-refractivity contribution in [2.75, 3.05) is 6.61 Å². The van der Waals surface area contributed by atoms with Gasteiger partial charge in [0.25, 0.3) is 5.91 Å². The highest BCUT2D eigenvalue weighted by Crippen LogP contribution is 2.21. The Morgan fingerprint density at radius 3 is 2.46 bits per heavy atom. The molecule has 0 saturated carbocycles. The van der Waals surface area contributed by atoms with Gasteiger partial charge >= 0.3 is 6.09 Å². The smallest absolute Gasteiger partial charge is 0.417 e. The summed E-state index contributed by atoms with van der Waals surface area (Å²) in [6.07, 6.45) is -0.825. The van der Waals surface area contributed by atoms with Crippen molar-refractivity contribution >= 4 is 18.3 Å². The number of hydrogen-bond donors (Lipinski definition) is 0. The van der Waals surface area contributed by atoms with Gasteiger partial charge in [0.05, 0.1) is 6.04 Å². The van der Waals surface area contributed by atoms with Crippen molar-refractivity contribution in [2.45, 2.75) is 25.0 Å². The number of benzene rings is 2. The van der Waals surface area contributed by atoms with E-state index in [0.717, 1.165) is 10.5 Å². The maximum atomic E-state index is 12.9. The summed E-state index contributed by atoms with van der Waals surface area (Å²) < 4.78 is 10.7. The number of amides is 2. The maximum Gasteiger partial charge on any atom is 0.417 e. The van der Waals surface area contributed by atoms with E-state index in [2.05, 4.69) is 0 Å². The molecule has 2 amide bonds. The first-order valence-electron chi connectivity index (χ1n) is 8.38. The summed E-state index contributed by atoms with van der Waals surface area (Å²) in [7, 11) is 0. The van der Waals surface area contributed by atoms with Crippen LogP contribution in [-0.2, 0) is 20.7 Å². The van der Waals surface area contributed by atoms with Gasteiger partial charge in [-0.25, -0.2) is 9.69 Å². The first-order chi connectivity index (χ1) is 12.7. The number of ether oxygens (including phenoxy) is 2. The molecule has 1 heterocycles. The molecule has 1 saturated heterocycles. The van der Waals surface area contributed by atoms with Gasteiger partial charge < -0.3 is 14.3 Å². The van der Waals surface area contributed by atoms with Gasteiger partial charge in [-0.2, -0.15) is 0 Å². The minimum atomic E-state index is -1.07. The highest BCUT2D eigenvalue weighted by Gasteiger charge is 2.41. The Kier molecular flexibility index (Phi) is 5.63. The SMILES string of the molecule is O=CC[C@@H](Oc1ccccc1)C(=O)N1C(=O)OC[C@@H]1Cc1ccccc1. The van der Waals surface area contributed by atoms with E-state index in [-0.39, 0.29) is 13.0 Å². The van der Waals surface area contributed by atoms with Crippen molar-refractivity contribution in [3.8, 4) is 5.75 Å². The third kappa shape index (κ3) is 4.08. The summed E-state index contributed by atoms with van der Waals surface area (Å²) >= 11 is 0. The number of rotatable bonds is 7. The van der Waals surface area contributed by atoms with E-state index in [4.69, 9.17) is 9.47 Å². The fourth-order valence-corrected chi connectivity index (χ4v) is 2.87. The van der Waals surface area contributed by atoms with Crippen LogP contribution in [0.5, 0.6) is 5.75 Å². The van der Waals surface area contributed by atoms with Crippen LogP contribution in [0.1, 0.15) is 12.0 Å². The molecule has 2 atom stereocenters. The van der Waals surface area contributed by atoms with Crippen LogP contribution in [0.25, 0.3) is 0 Å². The van der Waals surface area contributed by atoms with Gasteiger partial charge in [-0.05, 0) is 24.1 Å². The van der Waals surface area contributed by atoms with Crippen LogP contribution >= 0.6 is 0 Å². The number of nitrogens with zero attached hydrogens (tertiary/aromatic N) is 1. The first-order valence-corrected chi connectivity index (χ1v) is 8.38. The number of aldehydes is 1. The molecule has 1 aliphatic heterocycles. The summed E-state index contributed by atoms with van der Waals surface area (Å²) in [6, 6.07) is 17.8. The average molecular weight is 353 g/mol. The van der Waals surface area contributed by atoms with E-state index in [0.29, 0.717) is 18.5 Å². The van der Waals surface area contributed by atoms with Crippen LogP contribution in [0.15, 0.2) is 60.7 Å². The summed E-state index contributed by atoms with van der Waals surface area (Å²) in [4.78, 5) is 37.1. The number of hydrogen-bond acceptors (Lipinski definition) is 5. The van der Waals surface area contributed by atoms with Crippen LogP contribution in [0.4, 0.5) is 4.79 Å². The largest absolute Gasteiger partial charge is 0.480 e. The highest BCUT2D eigenvalue weighted by atomic mass is 16.6. The Morgan fingerprint density at radius 1 is 1.15 bits per heavy atom. The lowest BCUT2D eigenvalue weighted by Gasteiger charge is -2.24. The van der Waals surface area contributed by atoms with Crippen molar-refractivity contribution in [3.63, 3.8) is 0 Å². The Morgan fingerprint density at radius 2 is 1.81 bits per heavy atom. The topological polar surface area (TPSA) is 72.9 Å². The average Bonchev–Trinajstić information content (AvgIpc) is 3.02. The van der Waals surface area contributed by atoms with E-state index >= 15 is 0 Å². The monoisotopic (exact) mass is 353 g/mol. The summed E-state index contributed by atoms with van der Waals surface area (Å²) in [5, 5.41) is 0. The zero-order valence-corrected chi connectivity index (χ0v) is 14.1. The summed E-state index contributed by atoms with van der Waals surface area (Å²) in [5.41, 5.74) is 0.990. The van der Waals surface area contributed by atoms with E-state index in [9.17, 15) is 14.4 Å². The fraction of sp³-hybridized carbons (Fsp3) is 0.250. The van der Waals surface area contributed by atoms with Crippen molar-refractivity contribution in [1.82, 2.24) is 4.90 Å². The number of carbonyl (C=O) groups excluding carboxylic acids is 3. The molecule has 0 unspecified atom stereocenters. The number of carbonyl (C=O) groups is 3. The number of cyclic esters (lactones) is 1. The molecule has 0 N–H and O–H groups in total. The molecular formula is C20H19NO5. The molecule has 0 radical (unpaired) electrons. The van der Waals surface area contributed by atoms with Gasteiger partial charge in [-0.3, -0.25) is 4.79 Å². The fourth-order valence-electron chi connectivity index (χ4n) is 2.87. The zero-order chi connectivity index (χ0) is 18.4. The highest BCUT2D eigenvalue weighted by molar-refractivity contribution is 5.97. The lowest BCUT2D eigenvalue weighted by Crippen LogP contribution is -2.47. The van der Waals surface area contributed by atoms with Gasteiger partial charge in [0, 0.05) is 6.42 Å². The molecule has 0 aromatic heterocycles. The molecular weight excluding hydrogens is 334 g/mol. The van der Waals surface area contributed by atoms with E-state index in [1.165, 1.54) is 0 Å². The molecule has 3 rings (SSSR count). The van der Waals surface area contributed by atoms with Crippen molar-refractivity contribution < 1.29 is 23.9 Å². The molecule has 2 aromatic rings. The molecule has 1 aliphatic rings. The van der Waals surface area contributed by atoms with E-state index in [1.54, 1.807) is 24.3 Å². The molecule has 6 heteroatoms. The Balaban J connectivity index is 1.77. The van der Waals surface area contributed by atoms with Crippen molar-refractivity contribution in [1.29, 1.82) is 0 Å². The van der Waals surface area contributed by atoms with E-state index in [1.807, 2.05) is 36.4 Å². The minimum absolute atomic E-state index is 0.124. The third-order valence-corrected chi connectivity index (χ3v) is 4.12. The third-order valence-electron chi connectivity index (χ3n) is 4.12. The second-order valence-corrected chi connectivity index (χ2v) is 5.95. The Labute approximate surface area is 151 Å². The molecule has 134 valence electrons. The summed E-state index contributed by atoms with van der Waals surface area (Å²) in [5.74, 6) is -0.107. The second-order valence-electron chi connectivity index (χ2n) is 5.95. The standard InChI is InChI=1S/C20H19NO5/c22-12-11-18(26-17-9-5-2-6-10-17)19(23)21-16(14-25-20(21)24)13-15-7-3-1-4-8-15/h1-10,12,16,18H,11,13-14H2/t16-,18+/m0/s1. The van der Waals surface area contributed by atoms with Crippen molar-refractivity contribution in [2.24, 2.45) is 0 Å². The second kappa shape index (κ2) is 8.29. The minimum Gasteiger partial charge on any atom is -0.480 e. The molecule has 1 fully saturated rings. The van der Waals surface area contributed by atoms with E-state index < -0.39 is 24.1 Å². The van der Waals surface area contributed by atoms with Gasteiger partial charge in [0.2, 0.25) is 0 Å². The molecule has 0 spiro atoms. The van der Waals surface area contributed by atoms with Crippen LogP contribution in [-0.4, -0.2) is 41.9 Å². The molecule has 0 bridgehead atoms. The predicted molar refractivity (Wildman–Crippen MR) is 93.7 cm³/mol. The van der Waals surface area contributed by atoms with Crippen LogP contribution in [0.2, 0.25) is 0 Å². The van der Waals surface area contributed by atoms with Crippen LogP contribution in [0.3, 0.4) is 0 Å². The van der Waals surface area contributed by atoms with Gasteiger partial charge in [0.15, 0.2) is 6.10 Å². The Hall–Kier alpha value is -3.15. The van der Waals surface area contributed by atoms with Gasteiger partial charge in [-0.15, -0.1) is 0 Å². The maximum absolute atomic E-state index is 12.9. The molecule has 6 nitrogen and oxygen atoms in total. The number of para-hydroxylation sites is 1. The summed E-state index contributed by atoms with van der Waals surface area (Å²) in [6.45, 7) is 0.124. The normalized spacial score (nSPS) is 17.5. The van der Waals surface area contributed by atoms with Gasteiger partial charge in [-0.1, -0.05) is 48.5 Å². The molecule has 2 aromatic carbocycles. The lowest BCUT2D eigenvalue weighted by molar-refractivity contribution is -0.138. The van der Waals surface area contributed by atoms with Crippen molar-refractivity contribution in [3.05, 3.63) is 66.2 Å². The Bertz CT molecular complexity index is 762. The first kappa shape index (κ1) is 17.7.